The largest absolute Gasteiger partial charge is 0.361 e. The van der Waals surface area contributed by atoms with Gasteiger partial charge in [0, 0.05) is 61.4 Å². The van der Waals surface area contributed by atoms with Gasteiger partial charge in [0.2, 0.25) is 23.6 Å². The van der Waals surface area contributed by atoms with E-state index in [1.54, 1.807) is 4.90 Å². The van der Waals surface area contributed by atoms with Gasteiger partial charge in [-0.2, -0.15) is 0 Å². The summed E-state index contributed by atoms with van der Waals surface area (Å²) < 4.78 is 0. The second-order valence-electron chi connectivity index (χ2n) is 12.9. The van der Waals surface area contributed by atoms with Crippen LogP contribution in [-0.2, 0) is 30.4 Å². The number of amides is 4. The Hall–Kier alpha value is -3.69. The molecule has 2 aromatic rings. The van der Waals surface area contributed by atoms with Crippen LogP contribution in [-0.4, -0.2) is 70.0 Å². The number of rotatable bonds is 11. The quantitative estimate of drug-likeness (QED) is 0.287. The number of hydrogen-bond acceptors (Lipinski definition) is 5. The van der Waals surface area contributed by atoms with Crippen molar-refractivity contribution in [2.75, 3.05) is 6.54 Å². The molecule has 2 aliphatic heterocycles. The van der Waals surface area contributed by atoms with Crippen molar-refractivity contribution in [2.24, 2.45) is 5.92 Å². The van der Waals surface area contributed by atoms with E-state index in [2.05, 4.69) is 34.8 Å². The first-order chi connectivity index (χ1) is 21.1. The number of carbonyl (C=O) groups excluding carboxylic acids is 5. The number of benzene rings is 1. The van der Waals surface area contributed by atoms with Crippen molar-refractivity contribution in [1.82, 2.24) is 25.8 Å². The fourth-order valence-electron chi connectivity index (χ4n) is 6.54. The smallest absolute Gasteiger partial charge is 0.243 e. The highest BCUT2D eigenvalue weighted by Gasteiger charge is 2.37. The van der Waals surface area contributed by atoms with Gasteiger partial charge in [0.05, 0.1) is 0 Å². The molecule has 10 heteroatoms. The van der Waals surface area contributed by atoms with Crippen LogP contribution in [0.15, 0.2) is 30.5 Å². The van der Waals surface area contributed by atoms with Crippen LogP contribution in [0, 0.1) is 5.92 Å². The van der Waals surface area contributed by atoms with Crippen LogP contribution in [0.25, 0.3) is 10.9 Å². The van der Waals surface area contributed by atoms with Crippen LogP contribution in [0.3, 0.4) is 0 Å². The van der Waals surface area contributed by atoms with E-state index in [1.165, 1.54) is 0 Å². The van der Waals surface area contributed by atoms with E-state index in [0.29, 0.717) is 57.9 Å². The first-order valence-electron chi connectivity index (χ1n) is 16.4. The molecule has 1 aromatic carbocycles. The van der Waals surface area contributed by atoms with Gasteiger partial charge < -0.3 is 25.8 Å². The van der Waals surface area contributed by atoms with Crippen LogP contribution in [0.4, 0.5) is 0 Å². The Labute approximate surface area is 260 Å². The van der Waals surface area contributed by atoms with Gasteiger partial charge in [-0.15, -0.1) is 0 Å². The lowest BCUT2D eigenvalue weighted by atomic mass is 9.98. The summed E-state index contributed by atoms with van der Waals surface area (Å²) in [6.45, 7) is 6.44. The number of nitrogens with zero attached hydrogens (tertiary/aromatic N) is 1. The summed E-state index contributed by atoms with van der Waals surface area (Å²) in [5.41, 5.74) is 1.96. The van der Waals surface area contributed by atoms with Gasteiger partial charge in [0.1, 0.15) is 17.9 Å². The van der Waals surface area contributed by atoms with Crippen LogP contribution in [0.1, 0.15) is 97.0 Å². The van der Waals surface area contributed by atoms with Gasteiger partial charge in [-0.1, -0.05) is 51.8 Å². The van der Waals surface area contributed by atoms with Crippen LogP contribution in [0.5, 0.6) is 0 Å². The molecule has 0 unspecified atom stereocenters. The average molecular weight is 608 g/mol. The van der Waals surface area contributed by atoms with E-state index in [0.717, 1.165) is 29.3 Å². The number of H-pyrrole nitrogens is 1. The van der Waals surface area contributed by atoms with E-state index in [1.807, 2.05) is 37.4 Å². The van der Waals surface area contributed by atoms with Crippen molar-refractivity contribution in [2.45, 2.75) is 122 Å². The summed E-state index contributed by atoms with van der Waals surface area (Å²) in [5, 5.41) is 10.2. The second kappa shape index (κ2) is 15.9. The van der Waals surface area contributed by atoms with E-state index in [9.17, 15) is 24.0 Å². The fraction of sp³-hybridized carbons (Fsp3) is 0.618. The van der Waals surface area contributed by atoms with Crippen molar-refractivity contribution in [3.05, 3.63) is 36.0 Å². The maximum absolute atomic E-state index is 13.8. The number of para-hydroxylation sites is 1. The molecule has 0 aliphatic carbocycles. The normalized spacial score (nSPS) is 23.7. The summed E-state index contributed by atoms with van der Waals surface area (Å²) in [6.07, 6.45) is 7.97. The highest BCUT2D eigenvalue weighted by molar-refractivity contribution is 5.93. The first-order valence-corrected chi connectivity index (χ1v) is 16.4. The highest BCUT2D eigenvalue weighted by atomic mass is 16.2. The Morgan fingerprint density at radius 1 is 0.955 bits per heavy atom. The Bertz CT molecular complexity index is 1320. The Morgan fingerprint density at radius 2 is 1.75 bits per heavy atom. The number of nitrogens with one attached hydrogen (secondary N) is 4. The predicted molar refractivity (Wildman–Crippen MR) is 170 cm³/mol. The molecule has 1 aromatic heterocycles. The summed E-state index contributed by atoms with van der Waals surface area (Å²) in [5.74, 6) is -0.548. The lowest BCUT2D eigenvalue weighted by Crippen LogP contribution is -2.56. The number of Topliss-reactive ketones (excluding diaryl/α,β-unsaturated/α-hetero) is 1. The third-order valence-electron chi connectivity index (χ3n) is 8.81. The van der Waals surface area contributed by atoms with Crippen molar-refractivity contribution < 1.29 is 24.0 Å². The van der Waals surface area contributed by atoms with E-state index >= 15 is 0 Å². The Morgan fingerprint density at radius 3 is 2.52 bits per heavy atom. The zero-order valence-electron chi connectivity index (χ0n) is 26.5. The van der Waals surface area contributed by atoms with E-state index < -0.39 is 18.1 Å². The second-order valence-corrected chi connectivity index (χ2v) is 12.9. The molecule has 0 bridgehead atoms. The fourth-order valence-corrected chi connectivity index (χ4v) is 6.54. The molecule has 4 amide bonds. The van der Waals surface area contributed by atoms with Gasteiger partial charge in [-0.05, 0) is 56.1 Å². The number of aromatic nitrogens is 1. The van der Waals surface area contributed by atoms with Crippen molar-refractivity contribution in [1.29, 1.82) is 0 Å². The molecular formula is C34H49N5O5. The van der Waals surface area contributed by atoms with Gasteiger partial charge in [0.15, 0.2) is 0 Å². The first kappa shape index (κ1) is 33.2. The molecule has 2 fully saturated rings. The number of aromatic amines is 1. The Kier molecular flexibility index (Phi) is 12.0. The molecule has 2 aliphatic rings. The van der Waals surface area contributed by atoms with Crippen molar-refractivity contribution in [3.8, 4) is 0 Å². The Balaban J connectivity index is 1.58. The molecule has 44 heavy (non-hydrogen) atoms. The lowest BCUT2D eigenvalue weighted by molar-refractivity contribution is -0.140. The van der Waals surface area contributed by atoms with E-state index in [4.69, 9.17) is 0 Å². The summed E-state index contributed by atoms with van der Waals surface area (Å²) >= 11 is 0. The third-order valence-corrected chi connectivity index (χ3v) is 8.81. The predicted octanol–water partition coefficient (Wildman–Crippen LogP) is 3.93. The van der Waals surface area contributed by atoms with Crippen LogP contribution in [0.2, 0.25) is 0 Å². The summed E-state index contributed by atoms with van der Waals surface area (Å²) in [4.78, 5) is 70.9. The standard InChI is InChI=1S/C34H49N5O5/c1-4-26(40)11-6-5-7-14-29-33(43)37-25(18-23-21-35-28-13-9-8-12-27(23)28)19-31(41)36-24(17-22(2)3)20-32(42)39-16-10-15-30(39)34(44)38-29/h8-9,12-13,21-22,24-25,29-30,35H,4-7,10-11,14-20H2,1-3H3,(H,36,41)(H,37,43)(H,38,44)/t24-,25-,29-,30-/m0/s1. The zero-order valence-corrected chi connectivity index (χ0v) is 26.5. The maximum Gasteiger partial charge on any atom is 0.243 e. The molecule has 240 valence electrons. The monoisotopic (exact) mass is 607 g/mol. The van der Waals surface area contributed by atoms with E-state index in [-0.39, 0.29) is 54.2 Å². The molecule has 0 spiro atoms. The van der Waals surface area contributed by atoms with Gasteiger partial charge in [-0.25, -0.2) is 0 Å². The number of ketones is 1. The minimum atomic E-state index is -0.813. The van der Waals surface area contributed by atoms with Gasteiger partial charge in [-0.3, -0.25) is 24.0 Å². The minimum absolute atomic E-state index is 0.0418. The molecule has 4 N–H and O–H groups in total. The molecule has 4 rings (SSSR count). The number of unbranched alkanes of at least 4 members (excludes halogenated alkanes) is 2. The van der Waals surface area contributed by atoms with Crippen molar-refractivity contribution in [3.63, 3.8) is 0 Å². The lowest BCUT2D eigenvalue weighted by Gasteiger charge is -2.30. The number of hydrogen-bond donors (Lipinski definition) is 4. The SMILES string of the molecule is CCC(=O)CCCCC[C@@H]1NC(=O)[C@@H]2CCCN2C(=O)C[C@H](CC(C)C)NC(=O)C[C@H](Cc2c[nH]c3ccccc23)NC1=O. The summed E-state index contributed by atoms with van der Waals surface area (Å²) in [6, 6.07) is 5.56. The molecule has 0 saturated carbocycles. The zero-order chi connectivity index (χ0) is 31.6. The highest BCUT2D eigenvalue weighted by Crippen LogP contribution is 2.23. The number of fused-ring (bicyclic) bond motifs is 2. The van der Waals surface area contributed by atoms with Gasteiger partial charge >= 0.3 is 0 Å². The summed E-state index contributed by atoms with van der Waals surface area (Å²) in [7, 11) is 0. The molecule has 10 nitrogen and oxygen atoms in total. The van der Waals surface area contributed by atoms with Crippen LogP contribution < -0.4 is 16.0 Å². The molecule has 0 radical (unpaired) electrons. The van der Waals surface area contributed by atoms with Crippen molar-refractivity contribution >= 4 is 40.3 Å². The molecule has 3 heterocycles. The molecular weight excluding hydrogens is 558 g/mol. The number of carbonyl (C=O) groups is 5. The average Bonchev–Trinajstić information content (AvgIpc) is 3.63. The molecule has 2 saturated heterocycles. The van der Waals surface area contributed by atoms with Crippen LogP contribution >= 0.6 is 0 Å². The molecule has 4 atom stereocenters. The third kappa shape index (κ3) is 9.16. The minimum Gasteiger partial charge on any atom is -0.361 e. The maximum atomic E-state index is 13.8. The topological polar surface area (TPSA) is 140 Å². The van der Waals surface area contributed by atoms with Gasteiger partial charge in [0.25, 0.3) is 0 Å².